The molecule has 2 aliphatic heterocycles. The average Bonchev–Trinajstić information content (AvgIpc) is 3.01. The van der Waals surface area contributed by atoms with Crippen LogP contribution in [0.5, 0.6) is 5.75 Å². The van der Waals surface area contributed by atoms with Gasteiger partial charge in [0.05, 0.1) is 19.1 Å². The van der Waals surface area contributed by atoms with Gasteiger partial charge in [-0.1, -0.05) is 18.2 Å². The third-order valence-corrected chi connectivity index (χ3v) is 5.69. The van der Waals surface area contributed by atoms with Crippen molar-refractivity contribution in [2.75, 3.05) is 20.7 Å². The van der Waals surface area contributed by atoms with Crippen molar-refractivity contribution in [3.05, 3.63) is 59.4 Å². The summed E-state index contributed by atoms with van der Waals surface area (Å²) in [7, 11) is 3.42. The van der Waals surface area contributed by atoms with Gasteiger partial charge in [-0.15, -0.1) is 0 Å². The van der Waals surface area contributed by atoms with E-state index in [1.165, 1.54) is 5.56 Å². The summed E-state index contributed by atoms with van der Waals surface area (Å²) < 4.78 is 5.48. The summed E-state index contributed by atoms with van der Waals surface area (Å²) in [5.74, 6) is 0.451. The Morgan fingerprint density at radius 3 is 2.85 bits per heavy atom. The standard InChI is InChI=1S/C21H23N3O3/c1-23-19(25)11-16(20(23)15-6-4-9-22-12-15)21(26)24-10-8-14-5-3-7-18(27-2)17(14)13-24/h3-7,9,12,16,20H,8,10-11,13H2,1-2H3/t16-,20+/m1/s1. The fourth-order valence-electron chi connectivity index (χ4n) is 4.26. The van der Waals surface area contributed by atoms with E-state index < -0.39 is 0 Å². The van der Waals surface area contributed by atoms with Gasteiger partial charge in [-0.25, -0.2) is 0 Å². The van der Waals surface area contributed by atoms with E-state index in [2.05, 4.69) is 11.1 Å². The minimum Gasteiger partial charge on any atom is -0.496 e. The van der Waals surface area contributed by atoms with Gasteiger partial charge in [0.25, 0.3) is 0 Å². The number of rotatable bonds is 3. The predicted molar refractivity (Wildman–Crippen MR) is 100.0 cm³/mol. The van der Waals surface area contributed by atoms with E-state index in [0.29, 0.717) is 13.1 Å². The van der Waals surface area contributed by atoms with Crippen molar-refractivity contribution >= 4 is 11.8 Å². The van der Waals surface area contributed by atoms with Gasteiger partial charge in [-0.2, -0.15) is 0 Å². The molecule has 0 spiro atoms. The number of fused-ring (bicyclic) bond motifs is 1. The number of aromatic nitrogens is 1. The Morgan fingerprint density at radius 1 is 1.26 bits per heavy atom. The smallest absolute Gasteiger partial charge is 0.228 e. The van der Waals surface area contributed by atoms with Crippen molar-refractivity contribution in [2.24, 2.45) is 5.92 Å². The number of benzene rings is 1. The van der Waals surface area contributed by atoms with E-state index in [1.807, 2.05) is 29.2 Å². The van der Waals surface area contributed by atoms with E-state index in [9.17, 15) is 9.59 Å². The topological polar surface area (TPSA) is 62.7 Å². The Bertz CT molecular complexity index is 854. The highest BCUT2D eigenvalue weighted by molar-refractivity contribution is 5.90. The Labute approximate surface area is 158 Å². The van der Waals surface area contributed by atoms with Crippen molar-refractivity contribution in [2.45, 2.75) is 25.4 Å². The van der Waals surface area contributed by atoms with Gasteiger partial charge >= 0.3 is 0 Å². The fraction of sp³-hybridized carbons (Fsp3) is 0.381. The van der Waals surface area contributed by atoms with Crippen LogP contribution in [0.3, 0.4) is 0 Å². The highest BCUT2D eigenvalue weighted by Crippen LogP contribution is 2.39. The second-order valence-corrected chi connectivity index (χ2v) is 7.15. The third-order valence-electron chi connectivity index (χ3n) is 5.69. The van der Waals surface area contributed by atoms with Crippen LogP contribution >= 0.6 is 0 Å². The lowest BCUT2D eigenvalue weighted by Gasteiger charge is -2.33. The van der Waals surface area contributed by atoms with Gasteiger partial charge in [-0.05, 0) is 29.7 Å². The number of hydrogen-bond donors (Lipinski definition) is 0. The number of pyridine rings is 1. The minimum absolute atomic E-state index is 0.00260. The Kier molecular flexibility index (Phi) is 4.56. The summed E-state index contributed by atoms with van der Waals surface area (Å²) in [6, 6.07) is 9.51. The molecular formula is C21H23N3O3. The van der Waals surface area contributed by atoms with Crippen LogP contribution < -0.4 is 4.74 Å². The van der Waals surface area contributed by atoms with E-state index in [-0.39, 0.29) is 30.2 Å². The molecule has 0 bridgehead atoms. The molecule has 2 amide bonds. The second-order valence-electron chi connectivity index (χ2n) is 7.15. The molecule has 140 valence electrons. The van der Waals surface area contributed by atoms with Crippen LogP contribution in [-0.2, 0) is 22.6 Å². The molecule has 2 atom stereocenters. The van der Waals surface area contributed by atoms with Crippen molar-refractivity contribution in [3.63, 3.8) is 0 Å². The summed E-state index contributed by atoms with van der Waals surface area (Å²) in [6.45, 7) is 1.18. The first-order valence-electron chi connectivity index (χ1n) is 9.19. The van der Waals surface area contributed by atoms with Gasteiger partial charge in [-0.3, -0.25) is 14.6 Å². The third kappa shape index (κ3) is 3.05. The zero-order valence-electron chi connectivity index (χ0n) is 15.6. The van der Waals surface area contributed by atoms with Crippen molar-refractivity contribution in [3.8, 4) is 5.75 Å². The van der Waals surface area contributed by atoms with Crippen LogP contribution in [0.4, 0.5) is 0 Å². The summed E-state index contributed by atoms with van der Waals surface area (Å²) in [6.07, 6.45) is 4.48. The Morgan fingerprint density at radius 2 is 2.11 bits per heavy atom. The number of nitrogens with zero attached hydrogens (tertiary/aromatic N) is 3. The molecule has 1 fully saturated rings. The van der Waals surface area contributed by atoms with Crippen LogP contribution in [0, 0.1) is 5.92 Å². The summed E-state index contributed by atoms with van der Waals surface area (Å²) in [5.41, 5.74) is 3.19. The van der Waals surface area contributed by atoms with E-state index >= 15 is 0 Å². The molecule has 2 aliphatic rings. The first kappa shape index (κ1) is 17.5. The lowest BCUT2D eigenvalue weighted by Crippen LogP contribution is -2.41. The van der Waals surface area contributed by atoms with E-state index in [0.717, 1.165) is 23.3 Å². The quantitative estimate of drug-likeness (QED) is 0.837. The van der Waals surface area contributed by atoms with E-state index in [1.54, 1.807) is 31.5 Å². The molecule has 0 aliphatic carbocycles. The molecule has 1 aromatic heterocycles. The zero-order chi connectivity index (χ0) is 19.0. The Hall–Kier alpha value is -2.89. The maximum atomic E-state index is 13.4. The largest absolute Gasteiger partial charge is 0.496 e. The van der Waals surface area contributed by atoms with Gasteiger partial charge in [0, 0.05) is 44.5 Å². The van der Waals surface area contributed by atoms with Crippen LogP contribution in [0.2, 0.25) is 0 Å². The molecule has 0 saturated carbocycles. The summed E-state index contributed by atoms with van der Waals surface area (Å²) >= 11 is 0. The SMILES string of the molecule is COc1cccc2c1CN(C(=O)[C@@H]1CC(=O)N(C)[C@H]1c1cccnc1)CC2. The summed E-state index contributed by atoms with van der Waals surface area (Å²) in [4.78, 5) is 33.5. The van der Waals surface area contributed by atoms with Crippen LogP contribution in [0.1, 0.15) is 29.2 Å². The number of hydrogen-bond acceptors (Lipinski definition) is 4. The van der Waals surface area contributed by atoms with E-state index in [4.69, 9.17) is 4.74 Å². The number of methoxy groups -OCH3 is 1. The molecular weight excluding hydrogens is 342 g/mol. The first-order chi connectivity index (χ1) is 13.1. The minimum atomic E-state index is -0.386. The predicted octanol–water partition coefficient (Wildman–Crippen LogP) is 2.19. The number of amides is 2. The van der Waals surface area contributed by atoms with Crippen molar-refractivity contribution in [1.82, 2.24) is 14.8 Å². The average molecular weight is 365 g/mol. The molecule has 6 nitrogen and oxygen atoms in total. The highest BCUT2D eigenvalue weighted by Gasteiger charge is 2.44. The van der Waals surface area contributed by atoms with Gasteiger partial charge in [0.1, 0.15) is 5.75 Å². The van der Waals surface area contributed by atoms with Gasteiger partial charge in [0.15, 0.2) is 0 Å². The molecule has 0 radical (unpaired) electrons. The zero-order valence-corrected chi connectivity index (χ0v) is 15.6. The summed E-state index contributed by atoms with van der Waals surface area (Å²) in [5, 5.41) is 0. The molecule has 27 heavy (non-hydrogen) atoms. The number of carbonyl (C=O) groups is 2. The molecule has 6 heteroatoms. The number of carbonyl (C=O) groups excluding carboxylic acids is 2. The number of likely N-dealkylation sites (tertiary alicyclic amines) is 1. The molecule has 0 N–H and O–H groups in total. The number of ether oxygens (including phenoxy) is 1. The lowest BCUT2D eigenvalue weighted by molar-refractivity contribution is -0.137. The molecule has 1 aromatic carbocycles. The monoisotopic (exact) mass is 365 g/mol. The maximum Gasteiger partial charge on any atom is 0.228 e. The molecule has 2 aromatic rings. The molecule has 3 heterocycles. The van der Waals surface area contributed by atoms with Crippen LogP contribution in [0.15, 0.2) is 42.7 Å². The molecule has 0 unspecified atom stereocenters. The highest BCUT2D eigenvalue weighted by atomic mass is 16.5. The first-order valence-corrected chi connectivity index (χ1v) is 9.19. The van der Waals surface area contributed by atoms with Crippen LogP contribution in [0.25, 0.3) is 0 Å². The van der Waals surface area contributed by atoms with Gasteiger partial charge < -0.3 is 14.5 Å². The maximum absolute atomic E-state index is 13.4. The van der Waals surface area contributed by atoms with Crippen molar-refractivity contribution in [1.29, 1.82) is 0 Å². The van der Waals surface area contributed by atoms with Crippen molar-refractivity contribution < 1.29 is 14.3 Å². The normalized spacial score (nSPS) is 21.9. The van der Waals surface area contributed by atoms with Gasteiger partial charge in [0.2, 0.25) is 11.8 Å². The Balaban J connectivity index is 1.61. The molecule has 1 saturated heterocycles. The fourth-order valence-corrected chi connectivity index (χ4v) is 4.26. The lowest BCUT2D eigenvalue weighted by atomic mass is 9.91. The van der Waals surface area contributed by atoms with Crippen LogP contribution in [-0.4, -0.2) is 47.3 Å². The second kappa shape index (κ2) is 7.02. The molecule has 4 rings (SSSR count).